The summed E-state index contributed by atoms with van der Waals surface area (Å²) in [5, 5.41) is 11.1. The van der Waals surface area contributed by atoms with E-state index in [2.05, 4.69) is 5.32 Å². The van der Waals surface area contributed by atoms with Gasteiger partial charge in [-0.3, -0.25) is 19.3 Å². The number of rotatable bonds is 8. The van der Waals surface area contributed by atoms with Gasteiger partial charge in [0.25, 0.3) is 17.1 Å². The second-order valence-corrected chi connectivity index (χ2v) is 7.61. The molecule has 2 aromatic carbocycles. The third-order valence-corrected chi connectivity index (χ3v) is 5.46. The van der Waals surface area contributed by atoms with Crippen LogP contribution in [0, 0.1) is 11.3 Å². The van der Waals surface area contributed by atoms with Gasteiger partial charge >= 0.3 is 0 Å². The Hall–Kier alpha value is -3.77. The SMILES string of the molecule is CCOc1ccc(/C=C2\SC(=O)N(CCNC(=O)c3ccc(C#N)cc3)C2=O)cc1OC. The number of imide groups is 1. The fraction of sp³-hybridized carbons (Fsp3) is 0.217. The number of ether oxygens (including phenoxy) is 2. The van der Waals surface area contributed by atoms with Crippen molar-refractivity contribution in [1.82, 2.24) is 10.2 Å². The molecule has 1 aliphatic heterocycles. The molecule has 1 fully saturated rings. The maximum absolute atomic E-state index is 12.7. The fourth-order valence-corrected chi connectivity index (χ4v) is 3.84. The Kier molecular flexibility index (Phi) is 7.52. The number of nitrogens with zero attached hydrogens (tertiary/aromatic N) is 2. The predicted octanol–water partition coefficient (Wildman–Crippen LogP) is 3.43. The van der Waals surface area contributed by atoms with Crippen LogP contribution >= 0.6 is 11.8 Å². The first-order valence-electron chi connectivity index (χ1n) is 9.81. The van der Waals surface area contributed by atoms with Crippen molar-refractivity contribution in [3.63, 3.8) is 0 Å². The Morgan fingerprint density at radius 1 is 1.19 bits per heavy atom. The van der Waals surface area contributed by atoms with Gasteiger partial charge in [0.2, 0.25) is 0 Å². The summed E-state index contributed by atoms with van der Waals surface area (Å²) < 4.78 is 10.8. The molecule has 0 aromatic heterocycles. The first kappa shape index (κ1) is 22.9. The summed E-state index contributed by atoms with van der Waals surface area (Å²) in [4.78, 5) is 38.6. The minimum Gasteiger partial charge on any atom is -0.493 e. The van der Waals surface area contributed by atoms with Gasteiger partial charge in [-0.05, 0) is 66.7 Å². The van der Waals surface area contributed by atoms with Crippen LogP contribution < -0.4 is 14.8 Å². The van der Waals surface area contributed by atoms with Crippen molar-refractivity contribution in [2.75, 3.05) is 26.8 Å². The maximum atomic E-state index is 12.7. The lowest BCUT2D eigenvalue weighted by atomic mass is 10.1. The fourth-order valence-electron chi connectivity index (χ4n) is 2.97. The topological polar surface area (TPSA) is 109 Å². The lowest BCUT2D eigenvalue weighted by Gasteiger charge is -2.13. The summed E-state index contributed by atoms with van der Waals surface area (Å²) in [6.45, 7) is 2.53. The second-order valence-electron chi connectivity index (χ2n) is 6.62. The van der Waals surface area contributed by atoms with Crippen LogP contribution in [0.15, 0.2) is 47.4 Å². The zero-order chi connectivity index (χ0) is 23.1. The van der Waals surface area contributed by atoms with Crippen LogP contribution in [0.3, 0.4) is 0 Å². The molecule has 1 aliphatic rings. The van der Waals surface area contributed by atoms with Crippen LogP contribution in [0.2, 0.25) is 0 Å². The standard InChI is InChI=1S/C23H21N3O5S/c1-3-31-18-9-6-16(12-19(18)30-2)13-20-22(28)26(23(29)32-20)11-10-25-21(27)17-7-4-15(14-24)5-8-17/h4-9,12-13H,3,10-11H2,1-2H3,(H,25,27)/b20-13-. The Labute approximate surface area is 189 Å². The highest BCUT2D eigenvalue weighted by molar-refractivity contribution is 8.18. The zero-order valence-electron chi connectivity index (χ0n) is 17.6. The molecule has 1 saturated heterocycles. The van der Waals surface area contributed by atoms with Gasteiger partial charge < -0.3 is 14.8 Å². The summed E-state index contributed by atoms with van der Waals surface area (Å²) in [6, 6.07) is 13.4. The van der Waals surface area contributed by atoms with E-state index in [4.69, 9.17) is 14.7 Å². The number of nitriles is 1. The molecule has 0 spiro atoms. The molecular weight excluding hydrogens is 430 g/mol. The monoisotopic (exact) mass is 451 g/mol. The van der Waals surface area contributed by atoms with Crippen molar-refractivity contribution < 1.29 is 23.9 Å². The Bertz CT molecular complexity index is 1110. The summed E-state index contributed by atoms with van der Waals surface area (Å²) >= 11 is 0.847. The molecule has 9 heteroatoms. The molecule has 1 N–H and O–H groups in total. The van der Waals surface area contributed by atoms with Gasteiger partial charge in [-0.1, -0.05) is 6.07 Å². The van der Waals surface area contributed by atoms with Crippen LogP contribution in [0.5, 0.6) is 11.5 Å². The smallest absolute Gasteiger partial charge is 0.293 e. The normalized spacial score (nSPS) is 14.4. The predicted molar refractivity (Wildman–Crippen MR) is 120 cm³/mol. The number of hydrogen-bond acceptors (Lipinski definition) is 7. The molecule has 3 rings (SSSR count). The highest BCUT2D eigenvalue weighted by atomic mass is 32.2. The number of nitrogens with one attached hydrogen (secondary N) is 1. The number of amides is 3. The van der Waals surface area contributed by atoms with Crippen molar-refractivity contribution >= 4 is 34.9 Å². The van der Waals surface area contributed by atoms with E-state index in [9.17, 15) is 14.4 Å². The van der Waals surface area contributed by atoms with E-state index >= 15 is 0 Å². The van der Waals surface area contributed by atoms with E-state index in [-0.39, 0.29) is 19.0 Å². The van der Waals surface area contributed by atoms with E-state index in [0.29, 0.717) is 39.7 Å². The van der Waals surface area contributed by atoms with Gasteiger partial charge in [0.15, 0.2) is 11.5 Å². The molecule has 3 amide bonds. The number of hydrogen-bond donors (Lipinski definition) is 1. The second kappa shape index (κ2) is 10.5. The molecular formula is C23H21N3O5S. The lowest BCUT2D eigenvalue weighted by Crippen LogP contribution is -2.37. The molecule has 0 radical (unpaired) electrons. The number of carbonyl (C=O) groups excluding carboxylic acids is 3. The lowest BCUT2D eigenvalue weighted by molar-refractivity contribution is -0.122. The zero-order valence-corrected chi connectivity index (χ0v) is 18.4. The molecule has 0 saturated carbocycles. The first-order chi connectivity index (χ1) is 15.5. The summed E-state index contributed by atoms with van der Waals surface area (Å²) in [6.07, 6.45) is 1.62. The minimum atomic E-state index is -0.416. The van der Waals surface area contributed by atoms with Gasteiger partial charge in [-0.15, -0.1) is 0 Å². The third-order valence-electron chi connectivity index (χ3n) is 4.56. The average molecular weight is 452 g/mol. The Morgan fingerprint density at radius 2 is 1.94 bits per heavy atom. The molecule has 0 unspecified atom stereocenters. The largest absolute Gasteiger partial charge is 0.493 e. The minimum absolute atomic E-state index is 0.0522. The van der Waals surface area contributed by atoms with Crippen LogP contribution in [-0.4, -0.2) is 48.8 Å². The molecule has 32 heavy (non-hydrogen) atoms. The van der Waals surface area contributed by atoms with Crippen LogP contribution in [-0.2, 0) is 4.79 Å². The molecule has 0 aliphatic carbocycles. The van der Waals surface area contributed by atoms with Gasteiger partial charge in [-0.25, -0.2) is 0 Å². The number of carbonyl (C=O) groups is 3. The third kappa shape index (κ3) is 5.28. The molecule has 164 valence electrons. The summed E-state index contributed by atoms with van der Waals surface area (Å²) in [5.41, 5.74) is 1.55. The Morgan fingerprint density at radius 3 is 2.59 bits per heavy atom. The molecule has 0 atom stereocenters. The van der Waals surface area contributed by atoms with Gasteiger partial charge in [0, 0.05) is 18.7 Å². The van der Waals surface area contributed by atoms with Crippen molar-refractivity contribution in [3.8, 4) is 17.6 Å². The quantitative estimate of drug-likeness (QED) is 0.613. The number of methoxy groups -OCH3 is 1. The molecule has 0 bridgehead atoms. The average Bonchev–Trinajstić information content (AvgIpc) is 3.07. The van der Waals surface area contributed by atoms with E-state index in [1.807, 2.05) is 13.0 Å². The van der Waals surface area contributed by atoms with E-state index < -0.39 is 11.1 Å². The summed E-state index contributed by atoms with van der Waals surface area (Å²) in [7, 11) is 1.53. The van der Waals surface area contributed by atoms with E-state index in [1.165, 1.54) is 7.11 Å². The number of benzene rings is 2. The van der Waals surface area contributed by atoms with Crippen molar-refractivity contribution in [3.05, 3.63) is 64.1 Å². The highest BCUT2D eigenvalue weighted by Crippen LogP contribution is 2.34. The van der Waals surface area contributed by atoms with Crippen LogP contribution in [0.4, 0.5) is 4.79 Å². The molecule has 2 aromatic rings. The van der Waals surface area contributed by atoms with Crippen LogP contribution in [0.1, 0.15) is 28.4 Å². The van der Waals surface area contributed by atoms with Crippen LogP contribution in [0.25, 0.3) is 6.08 Å². The highest BCUT2D eigenvalue weighted by Gasteiger charge is 2.34. The van der Waals surface area contributed by atoms with Crippen molar-refractivity contribution in [2.24, 2.45) is 0 Å². The molecule has 8 nitrogen and oxygen atoms in total. The molecule has 1 heterocycles. The summed E-state index contributed by atoms with van der Waals surface area (Å²) in [5.74, 6) is 0.363. The van der Waals surface area contributed by atoms with E-state index in [1.54, 1.807) is 48.5 Å². The number of thioether (sulfide) groups is 1. The maximum Gasteiger partial charge on any atom is 0.293 e. The Balaban J connectivity index is 1.62. The van der Waals surface area contributed by atoms with Gasteiger partial charge in [0.1, 0.15) is 0 Å². The van der Waals surface area contributed by atoms with Gasteiger partial charge in [-0.2, -0.15) is 5.26 Å². The van der Waals surface area contributed by atoms with Crippen molar-refractivity contribution in [2.45, 2.75) is 6.92 Å². The van der Waals surface area contributed by atoms with Gasteiger partial charge in [0.05, 0.1) is 30.3 Å². The van der Waals surface area contributed by atoms with Crippen molar-refractivity contribution in [1.29, 1.82) is 5.26 Å². The first-order valence-corrected chi connectivity index (χ1v) is 10.6. The van der Waals surface area contributed by atoms with E-state index in [0.717, 1.165) is 16.7 Å².